The zero-order chi connectivity index (χ0) is 52.6. The van der Waals surface area contributed by atoms with Crippen LogP contribution in [0.1, 0.15) is 116 Å². The van der Waals surface area contributed by atoms with Gasteiger partial charge in [-0.2, -0.15) is 0 Å². The topological polar surface area (TPSA) is 79.2 Å². The van der Waals surface area contributed by atoms with E-state index in [1.807, 2.05) is 37.3 Å². The number of fused-ring (bicyclic) bond motifs is 9. The smallest absolute Gasteiger partial charge is 0.251 e. The number of phenols is 3. The summed E-state index contributed by atoms with van der Waals surface area (Å²) in [7, 11) is 0. The lowest BCUT2D eigenvalue weighted by Gasteiger charge is -2.35. The third-order valence-electron chi connectivity index (χ3n) is 16.0. The molecule has 390 valence electrons. The first-order chi connectivity index (χ1) is 35.1. The van der Waals surface area contributed by atoms with Crippen molar-refractivity contribution in [1.29, 1.82) is 0 Å². The predicted molar refractivity (Wildman–Crippen MR) is 264 cm³/mol. The molecular formula is C58H52ClF9O5S. The number of phenolic OH excluding ortho intramolecular Hbond substituents is 3. The van der Waals surface area contributed by atoms with Crippen LogP contribution in [0, 0.1) is 24.4 Å². The molecule has 6 aromatic rings. The van der Waals surface area contributed by atoms with E-state index in [9.17, 15) is 54.8 Å². The van der Waals surface area contributed by atoms with Gasteiger partial charge >= 0.3 is 0 Å². The molecule has 6 unspecified atom stereocenters. The first-order valence-corrected chi connectivity index (χ1v) is 25.9. The Morgan fingerprint density at radius 1 is 0.514 bits per heavy atom. The molecular weight excluding hydrogens is 1020 g/mol. The lowest BCUT2D eigenvalue weighted by atomic mass is 9.68. The average molecular weight is 1070 g/mol. The molecule has 5 nitrogen and oxygen atoms in total. The second kappa shape index (κ2) is 19.2. The van der Waals surface area contributed by atoms with E-state index in [0.29, 0.717) is 69.4 Å². The highest BCUT2D eigenvalue weighted by atomic mass is 35.5. The van der Waals surface area contributed by atoms with Crippen LogP contribution < -0.4 is 9.47 Å². The molecule has 16 heteroatoms. The molecule has 0 spiro atoms. The highest BCUT2D eigenvalue weighted by Crippen LogP contribution is 2.62. The van der Waals surface area contributed by atoms with E-state index in [-0.39, 0.29) is 50.7 Å². The molecule has 3 saturated carbocycles. The SMILES string of the molecule is Cc1ccc2c(c1)OC1CC(F)(F)CCCC21c1ccc(O)cc1.Oc1ccc(C23CCCC(F)(F)CC2Oc2cccc(Cl)c23)cc1F.Oc1ccc(C23CCCC(F)(F)CC2Sc2cccc(F)c23)cc1F. The van der Waals surface area contributed by atoms with Gasteiger partial charge in [0.1, 0.15) is 35.3 Å². The minimum atomic E-state index is -2.85. The molecule has 0 saturated heterocycles. The van der Waals surface area contributed by atoms with Gasteiger partial charge in [-0.25, -0.2) is 39.5 Å². The third-order valence-corrected chi connectivity index (χ3v) is 17.8. The summed E-state index contributed by atoms with van der Waals surface area (Å²) < 4.78 is 140. The molecule has 0 bridgehead atoms. The number of halogens is 10. The summed E-state index contributed by atoms with van der Waals surface area (Å²) in [6.07, 6.45) is -0.905. The number of aromatic hydroxyl groups is 3. The molecule has 3 N–H and O–H groups in total. The van der Waals surface area contributed by atoms with Crippen molar-refractivity contribution in [3.8, 4) is 28.7 Å². The van der Waals surface area contributed by atoms with Crippen LogP contribution in [-0.2, 0) is 16.2 Å². The second-order valence-electron chi connectivity index (χ2n) is 20.6. The zero-order valence-corrected chi connectivity index (χ0v) is 41.6. The number of benzene rings is 6. The highest BCUT2D eigenvalue weighted by Gasteiger charge is 2.58. The first-order valence-electron chi connectivity index (χ1n) is 24.7. The molecule has 3 aliphatic carbocycles. The average Bonchev–Trinajstić information content (AvgIpc) is 3.81. The fourth-order valence-corrected chi connectivity index (χ4v) is 14.8. The van der Waals surface area contributed by atoms with Gasteiger partial charge in [0.2, 0.25) is 5.92 Å². The van der Waals surface area contributed by atoms with Crippen LogP contribution in [0.15, 0.2) is 120 Å². The number of rotatable bonds is 3. The van der Waals surface area contributed by atoms with Gasteiger partial charge in [0, 0.05) is 75.8 Å². The number of hydrogen-bond acceptors (Lipinski definition) is 6. The first kappa shape index (κ1) is 51.8. The molecule has 6 aliphatic rings. The number of hydrogen-bond donors (Lipinski definition) is 3. The minimum absolute atomic E-state index is 0.103. The van der Waals surface area contributed by atoms with Crippen LogP contribution in [-0.4, -0.2) is 50.5 Å². The van der Waals surface area contributed by atoms with Crippen LogP contribution >= 0.6 is 23.4 Å². The van der Waals surface area contributed by atoms with Crippen molar-refractivity contribution in [3.05, 3.63) is 177 Å². The lowest BCUT2D eigenvalue weighted by molar-refractivity contribution is -0.0410. The van der Waals surface area contributed by atoms with Gasteiger partial charge in [0.15, 0.2) is 23.1 Å². The van der Waals surface area contributed by atoms with E-state index in [2.05, 4.69) is 0 Å². The summed E-state index contributed by atoms with van der Waals surface area (Å²) in [6.45, 7) is 1.97. The number of alkyl halides is 6. The second-order valence-corrected chi connectivity index (χ2v) is 22.2. The van der Waals surface area contributed by atoms with Gasteiger partial charge in [-0.1, -0.05) is 60.1 Å². The number of thioether (sulfide) groups is 1. The molecule has 3 aliphatic heterocycles. The minimum Gasteiger partial charge on any atom is -0.508 e. The Bertz CT molecular complexity index is 2960. The molecule has 0 radical (unpaired) electrons. The van der Waals surface area contributed by atoms with Crippen LogP contribution in [0.25, 0.3) is 0 Å². The van der Waals surface area contributed by atoms with E-state index in [1.54, 1.807) is 48.5 Å². The molecule has 0 amide bonds. The molecule has 3 fully saturated rings. The van der Waals surface area contributed by atoms with Crippen LogP contribution in [0.4, 0.5) is 39.5 Å². The summed E-state index contributed by atoms with van der Waals surface area (Å²) in [4.78, 5) is 0.635. The van der Waals surface area contributed by atoms with Gasteiger partial charge in [-0.15, -0.1) is 11.8 Å². The maximum absolute atomic E-state index is 14.8. The monoisotopic (exact) mass is 1070 g/mol. The Morgan fingerprint density at radius 3 is 1.66 bits per heavy atom. The van der Waals surface area contributed by atoms with Crippen LogP contribution in [0.2, 0.25) is 5.02 Å². The molecule has 12 rings (SSSR count). The summed E-state index contributed by atoms with van der Waals surface area (Å²) in [6, 6.07) is 30.5. The molecule has 6 aromatic carbocycles. The van der Waals surface area contributed by atoms with Gasteiger partial charge in [-0.05, 0) is 134 Å². The number of ether oxygens (including phenoxy) is 2. The standard InChI is InChI=1S/C20H20F2O2.C19H16ClF3O2.C19H16F4OS/c1-13-3-8-16-17(11-13)24-18-12-19(21,22)9-2-10-20(16,18)14-4-6-15(23)7-5-14;2*20-12-3-1-4-15-17(12)19(11-5-6-14(24)13(21)9-11)8-2-7-18(22,23)10-16(19)25-15/h3-8,11,18,23H,2,9-10,12H2,1H3;2*1,3-6,9,16,24H,2,7-8,10H2. The van der Waals surface area contributed by atoms with Crippen LogP contribution in [0.5, 0.6) is 28.7 Å². The Balaban J connectivity index is 0.000000127. The van der Waals surface area contributed by atoms with Crippen LogP contribution in [0.3, 0.4) is 0 Å². The Hall–Kier alpha value is -5.67. The predicted octanol–water partition coefficient (Wildman–Crippen LogP) is 16.0. The quantitative estimate of drug-likeness (QED) is 0.153. The van der Waals surface area contributed by atoms with Crippen molar-refractivity contribution in [3.63, 3.8) is 0 Å². The van der Waals surface area contributed by atoms with E-state index in [4.69, 9.17) is 21.1 Å². The van der Waals surface area contributed by atoms with Crippen molar-refractivity contribution in [2.75, 3.05) is 0 Å². The zero-order valence-electron chi connectivity index (χ0n) is 40.0. The molecule has 0 aromatic heterocycles. The summed E-state index contributed by atoms with van der Waals surface area (Å²) in [5.41, 5.74) is 2.39. The highest BCUT2D eigenvalue weighted by molar-refractivity contribution is 8.00. The number of aryl methyl sites for hydroxylation is 1. The van der Waals surface area contributed by atoms with Gasteiger partial charge in [0.05, 0.1) is 10.8 Å². The Labute approximate surface area is 431 Å². The lowest BCUT2D eigenvalue weighted by Crippen LogP contribution is -2.40. The van der Waals surface area contributed by atoms with Crippen molar-refractivity contribution in [1.82, 2.24) is 0 Å². The molecule has 74 heavy (non-hydrogen) atoms. The fourth-order valence-electron chi connectivity index (χ4n) is 12.7. The maximum atomic E-state index is 14.8. The normalized spacial score (nSPS) is 27.4. The molecule has 3 heterocycles. The maximum Gasteiger partial charge on any atom is 0.251 e. The summed E-state index contributed by atoms with van der Waals surface area (Å²) in [5, 5.41) is 28.5. The largest absolute Gasteiger partial charge is 0.508 e. The third kappa shape index (κ3) is 9.11. The van der Waals surface area contributed by atoms with Gasteiger partial charge in [0.25, 0.3) is 11.8 Å². The summed E-state index contributed by atoms with van der Waals surface area (Å²) in [5.74, 6) is -10.1. The Morgan fingerprint density at radius 2 is 1.04 bits per heavy atom. The van der Waals surface area contributed by atoms with Gasteiger partial charge < -0.3 is 24.8 Å². The van der Waals surface area contributed by atoms with Crippen molar-refractivity contribution >= 4 is 23.4 Å². The Kier molecular flexibility index (Phi) is 13.4. The summed E-state index contributed by atoms with van der Waals surface area (Å²) >= 11 is 7.66. The van der Waals surface area contributed by atoms with E-state index in [0.717, 1.165) is 22.8 Å². The van der Waals surface area contributed by atoms with Gasteiger partial charge in [-0.3, -0.25) is 0 Å². The van der Waals surface area contributed by atoms with E-state index < -0.39 is 86.8 Å². The van der Waals surface area contributed by atoms with Crippen molar-refractivity contribution in [2.24, 2.45) is 0 Å². The van der Waals surface area contributed by atoms with E-state index >= 15 is 0 Å². The van der Waals surface area contributed by atoms with Crippen molar-refractivity contribution in [2.45, 2.75) is 140 Å². The van der Waals surface area contributed by atoms with E-state index in [1.165, 1.54) is 42.1 Å². The fraction of sp³-hybridized carbons (Fsp3) is 0.379. The molecule has 6 atom stereocenters. The van der Waals surface area contributed by atoms with Crippen molar-refractivity contribution < 1.29 is 64.3 Å².